The zero-order valence-corrected chi connectivity index (χ0v) is 8.22. The Morgan fingerprint density at radius 3 is 3.08 bits per heavy atom. The van der Waals surface area contributed by atoms with Gasteiger partial charge in [0.1, 0.15) is 0 Å². The fourth-order valence-electron chi connectivity index (χ4n) is 1.70. The number of aromatic amines is 1. The molecule has 0 aromatic carbocycles. The molecule has 1 unspecified atom stereocenters. The Kier molecular flexibility index (Phi) is 2.69. The van der Waals surface area contributed by atoms with Crippen LogP contribution in [0.3, 0.4) is 0 Å². The van der Waals surface area contributed by atoms with Gasteiger partial charge in [0.25, 0.3) is 0 Å². The zero-order valence-electron chi connectivity index (χ0n) is 8.22. The number of aromatic nitrogens is 1. The average Bonchev–Trinajstić information content (AvgIpc) is 2.78. The van der Waals surface area contributed by atoms with Gasteiger partial charge < -0.3 is 10.3 Å². The van der Waals surface area contributed by atoms with E-state index in [0.29, 0.717) is 6.04 Å². The molecule has 1 fully saturated rings. The van der Waals surface area contributed by atoms with Crippen molar-refractivity contribution in [1.29, 1.82) is 0 Å². The monoisotopic (exact) mass is 178 g/mol. The number of rotatable bonds is 5. The molecule has 2 heteroatoms. The molecular weight excluding hydrogens is 160 g/mol. The predicted octanol–water partition coefficient (Wildman–Crippen LogP) is 2.29. The molecule has 0 amide bonds. The summed E-state index contributed by atoms with van der Waals surface area (Å²) in [6.07, 6.45) is 8.29. The van der Waals surface area contributed by atoms with Crippen molar-refractivity contribution in [1.82, 2.24) is 10.3 Å². The SMILES string of the molecule is CC(CC1CC1)NCc1cc[nH]c1. The minimum absolute atomic E-state index is 0.669. The summed E-state index contributed by atoms with van der Waals surface area (Å²) in [7, 11) is 0. The maximum absolute atomic E-state index is 3.54. The van der Waals surface area contributed by atoms with E-state index in [1.807, 2.05) is 6.20 Å². The van der Waals surface area contributed by atoms with Crippen molar-refractivity contribution >= 4 is 0 Å². The molecule has 1 saturated carbocycles. The van der Waals surface area contributed by atoms with Crippen LogP contribution < -0.4 is 5.32 Å². The van der Waals surface area contributed by atoms with E-state index in [1.54, 1.807) is 0 Å². The van der Waals surface area contributed by atoms with Crippen molar-refractivity contribution in [2.45, 2.75) is 38.8 Å². The molecule has 13 heavy (non-hydrogen) atoms. The number of H-pyrrole nitrogens is 1. The quantitative estimate of drug-likeness (QED) is 0.711. The molecule has 0 saturated heterocycles. The molecule has 2 nitrogen and oxygen atoms in total. The third-order valence-corrected chi connectivity index (χ3v) is 2.70. The first-order valence-corrected chi connectivity index (χ1v) is 5.19. The summed E-state index contributed by atoms with van der Waals surface area (Å²) in [4.78, 5) is 3.07. The predicted molar refractivity (Wildman–Crippen MR) is 54.4 cm³/mol. The summed E-state index contributed by atoms with van der Waals surface area (Å²) in [5.74, 6) is 1.02. The van der Waals surface area contributed by atoms with Gasteiger partial charge in [-0.3, -0.25) is 0 Å². The van der Waals surface area contributed by atoms with Crippen LogP contribution in [0.4, 0.5) is 0 Å². The van der Waals surface area contributed by atoms with E-state index in [4.69, 9.17) is 0 Å². The molecule has 1 aromatic rings. The Morgan fingerprint density at radius 2 is 2.46 bits per heavy atom. The molecule has 1 aliphatic rings. The smallest absolute Gasteiger partial charge is 0.0222 e. The summed E-state index contributed by atoms with van der Waals surface area (Å²) in [6, 6.07) is 2.79. The van der Waals surface area contributed by atoms with Crippen molar-refractivity contribution in [3.8, 4) is 0 Å². The average molecular weight is 178 g/mol. The molecule has 72 valence electrons. The molecule has 0 radical (unpaired) electrons. The van der Waals surface area contributed by atoms with Crippen molar-refractivity contribution < 1.29 is 0 Å². The van der Waals surface area contributed by atoms with Gasteiger partial charge in [0, 0.05) is 25.0 Å². The summed E-state index contributed by atoms with van der Waals surface area (Å²) < 4.78 is 0. The van der Waals surface area contributed by atoms with Gasteiger partial charge in [-0.1, -0.05) is 12.8 Å². The maximum Gasteiger partial charge on any atom is 0.0222 e. The van der Waals surface area contributed by atoms with Crippen molar-refractivity contribution in [3.05, 3.63) is 24.0 Å². The maximum atomic E-state index is 3.54. The molecule has 1 aliphatic carbocycles. The van der Waals surface area contributed by atoms with Gasteiger partial charge in [0.15, 0.2) is 0 Å². The second-order valence-corrected chi connectivity index (χ2v) is 4.18. The van der Waals surface area contributed by atoms with Crippen molar-refractivity contribution in [2.75, 3.05) is 0 Å². The lowest BCUT2D eigenvalue weighted by Gasteiger charge is -2.11. The topological polar surface area (TPSA) is 27.8 Å². The number of hydrogen-bond acceptors (Lipinski definition) is 1. The largest absolute Gasteiger partial charge is 0.367 e. The van der Waals surface area contributed by atoms with Crippen LogP contribution in [0.5, 0.6) is 0 Å². The second kappa shape index (κ2) is 3.97. The normalized spacial score (nSPS) is 18.8. The van der Waals surface area contributed by atoms with E-state index in [-0.39, 0.29) is 0 Å². The van der Waals surface area contributed by atoms with E-state index >= 15 is 0 Å². The summed E-state index contributed by atoms with van der Waals surface area (Å²) >= 11 is 0. The molecule has 1 heterocycles. The van der Waals surface area contributed by atoms with Crippen LogP contribution >= 0.6 is 0 Å². The Hall–Kier alpha value is -0.760. The lowest BCUT2D eigenvalue weighted by molar-refractivity contribution is 0.488. The summed E-state index contributed by atoms with van der Waals surface area (Å²) in [5.41, 5.74) is 1.35. The molecular formula is C11H18N2. The first kappa shape index (κ1) is 8.82. The van der Waals surface area contributed by atoms with E-state index in [1.165, 1.54) is 24.8 Å². The van der Waals surface area contributed by atoms with Crippen LogP contribution in [0.25, 0.3) is 0 Å². The first-order valence-electron chi connectivity index (χ1n) is 5.19. The third kappa shape index (κ3) is 2.88. The molecule has 0 aliphatic heterocycles. The first-order chi connectivity index (χ1) is 6.34. The molecule has 2 N–H and O–H groups in total. The summed E-state index contributed by atoms with van der Waals surface area (Å²) in [5, 5.41) is 3.54. The second-order valence-electron chi connectivity index (χ2n) is 4.18. The minimum atomic E-state index is 0.669. The van der Waals surface area contributed by atoms with Gasteiger partial charge in [0.05, 0.1) is 0 Å². The Labute approximate surface area is 79.7 Å². The van der Waals surface area contributed by atoms with E-state index < -0.39 is 0 Å². The summed E-state index contributed by atoms with van der Waals surface area (Å²) in [6.45, 7) is 3.28. The fraction of sp³-hybridized carbons (Fsp3) is 0.636. The van der Waals surface area contributed by atoms with Crippen LogP contribution in [0.2, 0.25) is 0 Å². The van der Waals surface area contributed by atoms with E-state index in [0.717, 1.165) is 12.5 Å². The van der Waals surface area contributed by atoms with Crippen molar-refractivity contribution in [2.24, 2.45) is 5.92 Å². The highest BCUT2D eigenvalue weighted by molar-refractivity contribution is 5.07. The van der Waals surface area contributed by atoms with Crippen LogP contribution in [0, 0.1) is 5.92 Å². The van der Waals surface area contributed by atoms with Crippen LogP contribution in [0.1, 0.15) is 31.7 Å². The molecule has 0 spiro atoms. The Balaban J connectivity index is 1.66. The van der Waals surface area contributed by atoms with E-state index in [9.17, 15) is 0 Å². The highest BCUT2D eigenvalue weighted by Gasteiger charge is 2.23. The molecule has 1 atom stereocenters. The highest BCUT2D eigenvalue weighted by atomic mass is 14.9. The van der Waals surface area contributed by atoms with Crippen LogP contribution in [0.15, 0.2) is 18.5 Å². The van der Waals surface area contributed by atoms with Gasteiger partial charge in [-0.15, -0.1) is 0 Å². The zero-order chi connectivity index (χ0) is 9.10. The lowest BCUT2D eigenvalue weighted by Crippen LogP contribution is -2.25. The van der Waals surface area contributed by atoms with Gasteiger partial charge in [0.2, 0.25) is 0 Å². The van der Waals surface area contributed by atoms with Gasteiger partial charge in [-0.25, -0.2) is 0 Å². The van der Waals surface area contributed by atoms with Gasteiger partial charge in [-0.05, 0) is 30.9 Å². The minimum Gasteiger partial charge on any atom is -0.367 e. The molecule has 0 bridgehead atoms. The Bertz CT molecular complexity index is 237. The number of hydrogen-bond donors (Lipinski definition) is 2. The molecule has 1 aromatic heterocycles. The number of nitrogens with one attached hydrogen (secondary N) is 2. The molecule has 2 rings (SSSR count). The lowest BCUT2D eigenvalue weighted by atomic mass is 10.1. The van der Waals surface area contributed by atoms with Crippen LogP contribution in [-0.2, 0) is 6.54 Å². The van der Waals surface area contributed by atoms with Gasteiger partial charge in [-0.2, -0.15) is 0 Å². The van der Waals surface area contributed by atoms with E-state index in [2.05, 4.69) is 29.5 Å². The van der Waals surface area contributed by atoms with Gasteiger partial charge >= 0.3 is 0 Å². The Morgan fingerprint density at radius 1 is 1.62 bits per heavy atom. The van der Waals surface area contributed by atoms with Crippen molar-refractivity contribution in [3.63, 3.8) is 0 Å². The van der Waals surface area contributed by atoms with Crippen LogP contribution in [-0.4, -0.2) is 11.0 Å². The fourth-order valence-corrected chi connectivity index (χ4v) is 1.70. The highest BCUT2D eigenvalue weighted by Crippen LogP contribution is 2.33. The standard InChI is InChI=1S/C11H18N2/c1-9(6-10-2-3-10)13-8-11-4-5-12-7-11/h4-5,7,9-10,12-13H,2-3,6,8H2,1H3. The third-order valence-electron chi connectivity index (χ3n) is 2.70.